The molecule has 24 heavy (non-hydrogen) atoms. The number of rotatable bonds is 0. The van der Waals surface area contributed by atoms with E-state index in [1.54, 1.807) is 12.1 Å². The van der Waals surface area contributed by atoms with Crippen LogP contribution in [0, 0.1) is 0 Å². The van der Waals surface area contributed by atoms with Gasteiger partial charge in [0.25, 0.3) is 0 Å². The molecule has 2 aliphatic rings. The first kappa shape index (κ1) is 17.8. The Morgan fingerprint density at radius 3 is 2.50 bits per heavy atom. The Bertz CT molecular complexity index is 778. The highest BCUT2D eigenvalue weighted by molar-refractivity contribution is 8.93. The number of aromatic hydroxyl groups is 2. The summed E-state index contributed by atoms with van der Waals surface area (Å²) in [5.41, 5.74) is 3.91. The predicted octanol–water partition coefficient (Wildman–Crippen LogP) is 4.58. The smallest absolute Gasteiger partial charge is 0.157 e. The van der Waals surface area contributed by atoms with Crippen LogP contribution in [0.1, 0.15) is 59.6 Å². The van der Waals surface area contributed by atoms with E-state index in [1.165, 1.54) is 26.4 Å². The first-order valence-electron chi connectivity index (χ1n) is 8.26. The SMILES string of the molecule is Br.CC(C)(C)c1cc2c(s1)CN[C@H]1CCc3cc(O)c(O)cc3[C@H]21. The minimum atomic E-state index is -0.0113. The molecule has 130 valence electrons. The van der Waals surface area contributed by atoms with E-state index in [2.05, 4.69) is 32.2 Å². The predicted molar refractivity (Wildman–Crippen MR) is 104 cm³/mol. The Balaban J connectivity index is 0.00000169. The molecule has 2 aromatic rings. The zero-order valence-corrected chi connectivity index (χ0v) is 16.7. The largest absolute Gasteiger partial charge is 0.504 e. The summed E-state index contributed by atoms with van der Waals surface area (Å²) in [5.74, 6) is 0.260. The number of hydrogen-bond acceptors (Lipinski definition) is 4. The minimum Gasteiger partial charge on any atom is -0.504 e. The van der Waals surface area contributed by atoms with Crippen molar-refractivity contribution >= 4 is 28.3 Å². The van der Waals surface area contributed by atoms with E-state index in [1.807, 2.05) is 11.3 Å². The van der Waals surface area contributed by atoms with Gasteiger partial charge in [-0.25, -0.2) is 0 Å². The van der Waals surface area contributed by atoms with Crippen LogP contribution in [0.25, 0.3) is 0 Å². The van der Waals surface area contributed by atoms with E-state index >= 15 is 0 Å². The van der Waals surface area contributed by atoms with Gasteiger partial charge in [-0.15, -0.1) is 28.3 Å². The summed E-state index contributed by atoms with van der Waals surface area (Å²) < 4.78 is 0. The standard InChI is InChI=1S/C19H23NO2S.BrH/c1-19(2,3)17-8-12-16(23-17)9-20-13-5-4-10-6-14(21)15(22)7-11(10)18(12)13;/h6-8,13,18,20-22H,4-5,9H2,1-3H3;1H/t13-,18+;/m0./s1. The Morgan fingerprint density at radius 1 is 1.08 bits per heavy atom. The molecule has 3 N–H and O–H groups in total. The first-order chi connectivity index (χ1) is 10.8. The van der Waals surface area contributed by atoms with Crippen molar-refractivity contribution in [3.05, 3.63) is 44.6 Å². The average Bonchev–Trinajstić information content (AvgIpc) is 2.92. The summed E-state index contributed by atoms with van der Waals surface area (Å²) in [5, 5.41) is 23.5. The van der Waals surface area contributed by atoms with E-state index in [0.717, 1.165) is 19.4 Å². The van der Waals surface area contributed by atoms with Crippen LogP contribution in [0.4, 0.5) is 0 Å². The van der Waals surface area contributed by atoms with Crippen LogP contribution < -0.4 is 5.32 Å². The third kappa shape index (κ3) is 2.76. The molecule has 0 spiro atoms. The number of thiophene rings is 1. The molecule has 4 rings (SSSR count). The molecule has 3 nitrogen and oxygen atoms in total. The van der Waals surface area contributed by atoms with Crippen LogP contribution in [0.5, 0.6) is 11.5 Å². The first-order valence-corrected chi connectivity index (χ1v) is 9.07. The van der Waals surface area contributed by atoms with Crippen LogP contribution in [-0.4, -0.2) is 16.3 Å². The van der Waals surface area contributed by atoms with Crippen molar-refractivity contribution in [2.45, 2.75) is 57.5 Å². The molecular formula is C19H24BrNO2S. The fraction of sp³-hybridized carbons (Fsp3) is 0.474. The third-order valence-corrected chi connectivity index (χ3v) is 6.72. The molecular weight excluding hydrogens is 386 g/mol. The molecule has 0 amide bonds. The van der Waals surface area contributed by atoms with E-state index < -0.39 is 0 Å². The Kier molecular flexibility index (Phi) is 4.47. The van der Waals surface area contributed by atoms with Crippen molar-refractivity contribution in [3.8, 4) is 11.5 Å². The number of phenols is 2. The summed E-state index contributed by atoms with van der Waals surface area (Å²) in [7, 11) is 0. The molecule has 1 aromatic carbocycles. The molecule has 1 aromatic heterocycles. The van der Waals surface area contributed by atoms with Crippen molar-refractivity contribution in [1.29, 1.82) is 0 Å². The van der Waals surface area contributed by atoms with Gasteiger partial charge in [0.1, 0.15) is 0 Å². The maximum absolute atomic E-state index is 9.98. The van der Waals surface area contributed by atoms with E-state index in [0.29, 0.717) is 6.04 Å². The summed E-state index contributed by atoms with van der Waals surface area (Å²) in [6.07, 6.45) is 2.02. The Labute approximate surface area is 157 Å². The van der Waals surface area contributed by atoms with Crippen LogP contribution in [0.2, 0.25) is 0 Å². The van der Waals surface area contributed by atoms with Gasteiger partial charge in [-0.1, -0.05) is 20.8 Å². The van der Waals surface area contributed by atoms with Crippen molar-refractivity contribution in [2.24, 2.45) is 0 Å². The lowest BCUT2D eigenvalue weighted by Gasteiger charge is -2.38. The fourth-order valence-electron chi connectivity index (χ4n) is 3.88. The van der Waals surface area contributed by atoms with E-state index in [4.69, 9.17) is 0 Å². The van der Waals surface area contributed by atoms with E-state index in [-0.39, 0.29) is 39.8 Å². The Morgan fingerprint density at radius 2 is 1.79 bits per heavy atom. The second-order valence-corrected chi connectivity index (χ2v) is 8.92. The molecule has 0 unspecified atom stereocenters. The summed E-state index contributed by atoms with van der Waals surface area (Å²) in [6.45, 7) is 7.71. The van der Waals surface area contributed by atoms with Gasteiger partial charge in [0.05, 0.1) is 0 Å². The number of nitrogens with one attached hydrogen (secondary N) is 1. The van der Waals surface area contributed by atoms with Gasteiger partial charge in [0.2, 0.25) is 0 Å². The molecule has 0 saturated heterocycles. The molecule has 2 atom stereocenters. The lowest BCUT2D eigenvalue weighted by atomic mass is 9.73. The van der Waals surface area contributed by atoms with E-state index in [9.17, 15) is 10.2 Å². The second-order valence-electron chi connectivity index (χ2n) is 7.78. The molecule has 1 aliphatic carbocycles. The molecule has 0 bridgehead atoms. The van der Waals surface area contributed by atoms with Gasteiger partial charge in [0, 0.05) is 28.3 Å². The van der Waals surface area contributed by atoms with Gasteiger partial charge < -0.3 is 15.5 Å². The van der Waals surface area contributed by atoms with Crippen LogP contribution in [0.3, 0.4) is 0 Å². The molecule has 5 heteroatoms. The topological polar surface area (TPSA) is 52.5 Å². The fourth-order valence-corrected chi connectivity index (χ4v) is 5.10. The van der Waals surface area contributed by atoms with Crippen LogP contribution >= 0.6 is 28.3 Å². The highest BCUT2D eigenvalue weighted by Crippen LogP contribution is 2.47. The number of hydrogen-bond donors (Lipinski definition) is 3. The summed E-state index contributed by atoms with van der Waals surface area (Å²) >= 11 is 1.91. The monoisotopic (exact) mass is 409 g/mol. The van der Waals surface area contributed by atoms with Gasteiger partial charge in [-0.3, -0.25) is 0 Å². The van der Waals surface area contributed by atoms with Gasteiger partial charge >= 0.3 is 0 Å². The maximum atomic E-state index is 9.98. The lowest BCUT2D eigenvalue weighted by Crippen LogP contribution is -2.41. The van der Waals surface area contributed by atoms with Gasteiger partial charge in [0.15, 0.2) is 11.5 Å². The number of halogens is 1. The number of aryl methyl sites for hydroxylation is 1. The summed E-state index contributed by atoms with van der Waals surface area (Å²) in [4.78, 5) is 2.83. The lowest BCUT2D eigenvalue weighted by molar-refractivity contribution is 0.382. The quantitative estimate of drug-likeness (QED) is 0.557. The van der Waals surface area contributed by atoms with Crippen LogP contribution in [-0.2, 0) is 18.4 Å². The van der Waals surface area contributed by atoms with Crippen molar-refractivity contribution in [2.75, 3.05) is 0 Å². The zero-order chi connectivity index (χ0) is 16.4. The second kappa shape index (κ2) is 6.04. The van der Waals surface area contributed by atoms with Crippen molar-refractivity contribution in [1.82, 2.24) is 5.32 Å². The summed E-state index contributed by atoms with van der Waals surface area (Å²) in [6, 6.07) is 6.30. The number of benzene rings is 1. The molecule has 0 fully saturated rings. The maximum Gasteiger partial charge on any atom is 0.157 e. The van der Waals surface area contributed by atoms with Crippen LogP contribution in [0.15, 0.2) is 18.2 Å². The molecule has 0 radical (unpaired) electrons. The normalized spacial score (nSPS) is 22.1. The number of fused-ring (bicyclic) bond motifs is 5. The molecule has 1 aliphatic heterocycles. The third-order valence-electron chi connectivity index (χ3n) is 5.14. The molecule has 0 saturated carbocycles. The zero-order valence-electron chi connectivity index (χ0n) is 14.2. The highest BCUT2D eigenvalue weighted by Gasteiger charge is 2.37. The Hall–Kier alpha value is -1.04. The highest BCUT2D eigenvalue weighted by atomic mass is 79.9. The minimum absolute atomic E-state index is 0. The number of phenolic OH excluding ortho intramolecular Hbond substituents is 2. The average molecular weight is 410 g/mol. The van der Waals surface area contributed by atoms with Crippen molar-refractivity contribution < 1.29 is 10.2 Å². The van der Waals surface area contributed by atoms with Gasteiger partial charge in [-0.2, -0.15) is 0 Å². The molecule has 2 heterocycles. The van der Waals surface area contributed by atoms with Crippen molar-refractivity contribution in [3.63, 3.8) is 0 Å². The van der Waals surface area contributed by atoms with Gasteiger partial charge in [-0.05, 0) is 53.1 Å².